The first-order valence-electron chi connectivity index (χ1n) is 9.71. The minimum atomic E-state index is 0.0537. The molecule has 148 valence electrons. The normalized spacial score (nSPS) is 16.1. The Kier molecular flexibility index (Phi) is 4.72. The molecule has 0 spiro atoms. The van der Waals surface area contributed by atoms with Gasteiger partial charge in [-0.05, 0) is 42.9 Å². The minimum absolute atomic E-state index is 0.0537. The highest BCUT2D eigenvalue weighted by Crippen LogP contribution is 2.35. The van der Waals surface area contributed by atoms with E-state index in [1.165, 1.54) is 10.4 Å². The number of thiophene rings is 1. The van der Waals surface area contributed by atoms with Gasteiger partial charge in [0.15, 0.2) is 0 Å². The van der Waals surface area contributed by atoms with Crippen LogP contribution in [0.5, 0.6) is 5.75 Å². The highest BCUT2D eigenvalue weighted by atomic mass is 32.1. The van der Waals surface area contributed by atoms with Gasteiger partial charge >= 0.3 is 0 Å². The lowest BCUT2D eigenvalue weighted by atomic mass is 9.89. The molecule has 0 saturated carbocycles. The van der Waals surface area contributed by atoms with E-state index in [2.05, 4.69) is 11.9 Å². The Hall–Kier alpha value is -2.51. The summed E-state index contributed by atoms with van der Waals surface area (Å²) in [6.07, 6.45) is 4.85. The summed E-state index contributed by atoms with van der Waals surface area (Å²) in [5.41, 5.74) is 3.17. The van der Waals surface area contributed by atoms with Gasteiger partial charge in [0.1, 0.15) is 15.6 Å². The summed E-state index contributed by atoms with van der Waals surface area (Å²) < 4.78 is 7.00. The monoisotopic (exact) mass is 423 g/mol. The van der Waals surface area contributed by atoms with Gasteiger partial charge in [-0.2, -0.15) is 0 Å². The molecule has 1 aliphatic carbocycles. The van der Waals surface area contributed by atoms with E-state index in [1.807, 2.05) is 29.6 Å². The number of ether oxygens (including phenoxy) is 1. The van der Waals surface area contributed by atoms with Crippen LogP contribution in [0, 0.1) is 5.92 Å². The van der Waals surface area contributed by atoms with Gasteiger partial charge in [-0.3, -0.25) is 9.36 Å². The average Bonchev–Trinajstić information content (AvgIpc) is 3.34. The van der Waals surface area contributed by atoms with E-state index in [9.17, 15) is 4.79 Å². The summed E-state index contributed by atoms with van der Waals surface area (Å²) in [5, 5.41) is 3.75. The van der Waals surface area contributed by atoms with Gasteiger partial charge in [-0.15, -0.1) is 22.7 Å². The van der Waals surface area contributed by atoms with E-state index < -0.39 is 0 Å². The van der Waals surface area contributed by atoms with Gasteiger partial charge < -0.3 is 4.74 Å². The van der Waals surface area contributed by atoms with Crippen molar-refractivity contribution in [1.82, 2.24) is 14.5 Å². The molecule has 7 heteroatoms. The Morgan fingerprint density at radius 3 is 3.10 bits per heavy atom. The molecular weight excluding hydrogens is 402 g/mol. The summed E-state index contributed by atoms with van der Waals surface area (Å²) in [7, 11) is 1.66. The standard InChI is InChI=1S/C22H21N3O2S2/c1-13-6-7-17-18(8-13)29-21-19(17)22(26)25(12-23-21)10-15-11-28-20(24-15)14-4-3-5-16(9-14)27-2/h3-5,9,11-13H,6-8,10H2,1-2H3. The topological polar surface area (TPSA) is 57.0 Å². The zero-order valence-electron chi connectivity index (χ0n) is 16.3. The van der Waals surface area contributed by atoms with E-state index in [-0.39, 0.29) is 5.56 Å². The summed E-state index contributed by atoms with van der Waals surface area (Å²) in [6.45, 7) is 2.71. The van der Waals surface area contributed by atoms with Gasteiger partial charge in [0.2, 0.25) is 0 Å². The number of nitrogens with zero attached hydrogens (tertiary/aromatic N) is 3. The van der Waals surface area contributed by atoms with Crippen molar-refractivity contribution in [2.24, 2.45) is 5.92 Å². The molecule has 1 aromatic carbocycles. The first-order chi connectivity index (χ1) is 14.1. The van der Waals surface area contributed by atoms with Crippen molar-refractivity contribution in [2.45, 2.75) is 32.7 Å². The van der Waals surface area contributed by atoms with Crippen LogP contribution in [0.2, 0.25) is 0 Å². The SMILES string of the molecule is COc1cccc(-c2nc(Cn3cnc4sc5c(c4c3=O)CCC(C)C5)cs2)c1. The van der Waals surface area contributed by atoms with Crippen molar-refractivity contribution in [1.29, 1.82) is 0 Å². The number of methoxy groups -OCH3 is 1. The zero-order valence-corrected chi connectivity index (χ0v) is 18.0. The van der Waals surface area contributed by atoms with E-state index in [0.29, 0.717) is 12.5 Å². The fraction of sp³-hybridized carbons (Fsp3) is 0.318. The van der Waals surface area contributed by atoms with Gasteiger partial charge in [0, 0.05) is 15.8 Å². The third-order valence-corrected chi connectivity index (χ3v) is 7.59. The lowest BCUT2D eigenvalue weighted by molar-refractivity contribution is 0.415. The third kappa shape index (κ3) is 3.38. The molecule has 1 atom stereocenters. The summed E-state index contributed by atoms with van der Waals surface area (Å²) in [6, 6.07) is 7.86. The molecule has 29 heavy (non-hydrogen) atoms. The van der Waals surface area contributed by atoms with Gasteiger partial charge in [-0.1, -0.05) is 19.1 Å². The Morgan fingerprint density at radius 2 is 2.24 bits per heavy atom. The second kappa shape index (κ2) is 7.39. The van der Waals surface area contributed by atoms with Crippen molar-refractivity contribution in [3.05, 3.63) is 62.5 Å². The fourth-order valence-electron chi connectivity index (χ4n) is 3.92. The predicted molar refractivity (Wildman–Crippen MR) is 118 cm³/mol. The largest absolute Gasteiger partial charge is 0.497 e. The van der Waals surface area contributed by atoms with Crippen LogP contribution in [0.25, 0.3) is 20.8 Å². The lowest BCUT2D eigenvalue weighted by Gasteiger charge is -2.17. The van der Waals surface area contributed by atoms with Crippen LogP contribution in [0.4, 0.5) is 0 Å². The molecule has 5 nitrogen and oxygen atoms in total. The Labute approximate surface area is 176 Å². The van der Waals surface area contributed by atoms with Crippen LogP contribution in [0.3, 0.4) is 0 Å². The summed E-state index contributed by atoms with van der Waals surface area (Å²) >= 11 is 3.26. The maximum atomic E-state index is 13.2. The lowest BCUT2D eigenvalue weighted by Crippen LogP contribution is -2.22. The molecule has 0 bridgehead atoms. The van der Waals surface area contributed by atoms with Crippen LogP contribution in [-0.4, -0.2) is 21.6 Å². The third-order valence-electron chi connectivity index (χ3n) is 5.48. The molecule has 0 saturated heterocycles. The van der Waals surface area contributed by atoms with Gasteiger partial charge in [-0.25, -0.2) is 9.97 Å². The van der Waals surface area contributed by atoms with Gasteiger partial charge in [0.25, 0.3) is 5.56 Å². The molecule has 0 radical (unpaired) electrons. The number of aromatic nitrogens is 3. The number of benzene rings is 1. The predicted octanol–water partition coefficient (Wildman–Crippen LogP) is 4.76. The number of hydrogen-bond acceptors (Lipinski definition) is 6. The molecule has 0 amide bonds. The summed E-state index contributed by atoms with van der Waals surface area (Å²) in [5.74, 6) is 1.49. The minimum Gasteiger partial charge on any atom is -0.497 e. The van der Waals surface area contributed by atoms with Crippen molar-refractivity contribution in [2.75, 3.05) is 7.11 Å². The first kappa shape index (κ1) is 18.5. The molecule has 5 rings (SSSR count). The van der Waals surface area contributed by atoms with Crippen molar-refractivity contribution >= 4 is 32.9 Å². The average molecular weight is 424 g/mol. The van der Waals surface area contributed by atoms with Crippen LogP contribution < -0.4 is 10.3 Å². The van der Waals surface area contributed by atoms with Crippen molar-refractivity contribution in [3.63, 3.8) is 0 Å². The number of fused-ring (bicyclic) bond motifs is 3. The molecule has 3 aromatic heterocycles. The van der Waals surface area contributed by atoms with Crippen molar-refractivity contribution in [3.8, 4) is 16.3 Å². The van der Waals surface area contributed by atoms with Crippen LogP contribution in [0.15, 0.2) is 40.8 Å². The second-order valence-corrected chi connectivity index (χ2v) is 9.53. The number of aryl methyl sites for hydroxylation is 1. The number of hydrogen-bond donors (Lipinski definition) is 0. The van der Waals surface area contributed by atoms with E-state index >= 15 is 0 Å². The number of thiazole rings is 1. The van der Waals surface area contributed by atoms with Crippen LogP contribution >= 0.6 is 22.7 Å². The quantitative estimate of drug-likeness (QED) is 0.475. The maximum Gasteiger partial charge on any atom is 0.262 e. The van der Waals surface area contributed by atoms with E-state index in [0.717, 1.165) is 51.5 Å². The second-order valence-electron chi connectivity index (χ2n) is 7.59. The molecule has 0 aliphatic heterocycles. The maximum absolute atomic E-state index is 13.2. The molecule has 1 aliphatic rings. The Morgan fingerprint density at radius 1 is 1.34 bits per heavy atom. The molecule has 4 aromatic rings. The highest BCUT2D eigenvalue weighted by molar-refractivity contribution is 7.18. The van der Waals surface area contributed by atoms with Crippen molar-refractivity contribution < 1.29 is 4.74 Å². The van der Waals surface area contributed by atoms with E-state index in [1.54, 1.807) is 40.7 Å². The van der Waals surface area contributed by atoms with Crippen LogP contribution in [0.1, 0.15) is 29.5 Å². The van der Waals surface area contributed by atoms with E-state index in [4.69, 9.17) is 9.72 Å². The van der Waals surface area contributed by atoms with Crippen LogP contribution in [-0.2, 0) is 19.4 Å². The first-order valence-corrected chi connectivity index (χ1v) is 11.4. The highest BCUT2D eigenvalue weighted by Gasteiger charge is 2.23. The smallest absolute Gasteiger partial charge is 0.262 e. The molecule has 1 unspecified atom stereocenters. The molecule has 0 fully saturated rings. The zero-order chi connectivity index (χ0) is 20.0. The molecular formula is C22H21N3O2S2. The summed E-state index contributed by atoms with van der Waals surface area (Å²) in [4.78, 5) is 24.7. The number of rotatable bonds is 4. The van der Waals surface area contributed by atoms with Gasteiger partial charge in [0.05, 0.1) is 31.1 Å². The Bertz CT molecular complexity index is 1250. The Balaban J connectivity index is 1.47. The molecule has 3 heterocycles. The molecule has 0 N–H and O–H groups in total. The fourth-order valence-corrected chi connectivity index (χ4v) is 6.07.